The maximum Gasteiger partial charge on any atom is 0.222 e. The number of carbonyl (C=O) groups is 2. The van der Waals surface area contributed by atoms with E-state index in [1.54, 1.807) is 11.9 Å². The zero-order valence-corrected chi connectivity index (χ0v) is 10.3. The van der Waals surface area contributed by atoms with Crippen LogP contribution in [0.25, 0.3) is 0 Å². The molecule has 0 radical (unpaired) electrons. The molecular formula is C10H20N2O2S. The van der Waals surface area contributed by atoms with Crippen LogP contribution in [-0.2, 0) is 9.59 Å². The first kappa shape index (κ1) is 14.3. The van der Waals surface area contributed by atoms with Gasteiger partial charge in [0.2, 0.25) is 11.8 Å². The van der Waals surface area contributed by atoms with Crippen molar-refractivity contribution in [1.82, 2.24) is 10.2 Å². The second kappa shape index (κ2) is 8.59. The second-order valence-electron chi connectivity index (χ2n) is 3.48. The van der Waals surface area contributed by atoms with Gasteiger partial charge in [-0.25, -0.2) is 0 Å². The molecule has 0 bridgehead atoms. The Kier molecular flexibility index (Phi) is 8.18. The van der Waals surface area contributed by atoms with Crippen LogP contribution >= 0.6 is 12.6 Å². The molecular weight excluding hydrogens is 212 g/mol. The average Bonchev–Trinajstić information content (AvgIpc) is 2.20. The minimum Gasteiger partial charge on any atom is -0.356 e. The van der Waals surface area contributed by atoms with Gasteiger partial charge in [0.1, 0.15) is 0 Å². The molecule has 0 spiro atoms. The molecule has 2 amide bonds. The van der Waals surface area contributed by atoms with E-state index in [4.69, 9.17) is 0 Å². The third-order valence-corrected chi connectivity index (χ3v) is 2.33. The van der Waals surface area contributed by atoms with Crippen molar-refractivity contribution < 1.29 is 9.59 Å². The van der Waals surface area contributed by atoms with Crippen molar-refractivity contribution in [3.8, 4) is 0 Å². The lowest BCUT2D eigenvalue weighted by Gasteiger charge is -2.16. The summed E-state index contributed by atoms with van der Waals surface area (Å²) in [6.07, 6.45) is 2.17. The van der Waals surface area contributed by atoms with Gasteiger partial charge in [-0.2, -0.15) is 12.6 Å². The van der Waals surface area contributed by atoms with E-state index in [-0.39, 0.29) is 11.8 Å². The van der Waals surface area contributed by atoms with Gasteiger partial charge >= 0.3 is 0 Å². The van der Waals surface area contributed by atoms with E-state index in [0.29, 0.717) is 19.5 Å². The molecule has 0 aromatic rings. The van der Waals surface area contributed by atoms with Gasteiger partial charge in [-0.3, -0.25) is 9.59 Å². The third-order valence-electron chi connectivity index (χ3n) is 2.02. The van der Waals surface area contributed by atoms with E-state index in [1.807, 2.05) is 0 Å². The molecule has 0 fully saturated rings. The van der Waals surface area contributed by atoms with Gasteiger partial charge in [-0.15, -0.1) is 0 Å². The van der Waals surface area contributed by atoms with Crippen molar-refractivity contribution in [3.63, 3.8) is 0 Å². The standard InChI is InChI=1S/C10H20N2O2S/c1-9(13)11-6-4-7-12(2)10(14)5-3-8-15/h15H,3-8H2,1-2H3,(H,11,13). The summed E-state index contributed by atoms with van der Waals surface area (Å²) in [4.78, 5) is 23.7. The zero-order chi connectivity index (χ0) is 11.7. The van der Waals surface area contributed by atoms with Gasteiger partial charge < -0.3 is 10.2 Å². The quantitative estimate of drug-likeness (QED) is 0.501. The number of thiol groups is 1. The first-order chi connectivity index (χ1) is 7.07. The van der Waals surface area contributed by atoms with Gasteiger partial charge in [0.05, 0.1) is 0 Å². The van der Waals surface area contributed by atoms with Crippen molar-refractivity contribution in [1.29, 1.82) is 0 Å². The Bertz CT molecular complexity index is 210. The predicted molar refractivity (Wildman–Crippen MR) is 64.0 cm³/mol. The van der Waals surface area contributed by atoms with Crippen LogP contribution in [0.2, 0.25) is 0 Å². The highest BCUT2D eigenvalue weighted by atomic mass is 32.1. The molecule has 4 nitrogen and oxygen atoms in total. The summed E-state index contributed by atoms with van der Waals surface area (Å²) in [6, 6.07) is 0. The van der Waals surface area contributed by atoms with Crippen molar-refractivity contribution in [2.24, 2.45) is 0 Å². The Hall–Kier alpha value is -0.710. The van der Waals surface area contributed by atoms with E-state index in [2.05, 4.69) is 17.9 Å². The maximum absolute atomic E-state index is 11.4. The van der Waals surface area contributed by atoms with Crippen LogP contribution in [-0.4, -0.2) is 42.6 Å². The van der Waals surface area contributed by atoms with Crippen molar-refractivity contribution in [3.05, 3.63) is 0 Å². The lowest BCUT2D eigenvalue weighted by atomic mass is 10.3. The van der Waals surface area contributed by atoms with Crippen LogP contribution in [0.5, 0.6) is 0 Å². The molecule has 0 saturated heterocycles. The molecule has 0 atom stereocenters. The average molecular weight is 232 g/mol. The lowest BCUT2D eigenvalue weighted by Crippen LogP contribution is -2.30. The zero-order valence-electron chi connectivity index (χ0n) is 9.45. The SMILES string of the molecule is CC(=O)NCCCN(C)C(=O)CCCS. The first-order valence-corrected chi connectivity index (χ1v) is 5.80. The molecule has 15 heavy (non-hydrogen) atoms. The predicted octanol–water partition coefficient (Wildman–Crippen LogP) is 0.681. The first-order valence-electron chi connectivity index (χ1n) is 5.17. The van der Waals surface area contributed by atoms with Gasteiger partial charge in [0, 0.05) is 33.5 Å². The van der Waals surface area contributed by atoms with Crippen LogP contribution < -0.4 is 5.32 Å². The Morgan fingerprint density at radius 2 is 2.00 bits per heavy atom. The third kappa shape index (κ3) is 8.30. The monoisotopic (exact) mass is 232 g/mol. The van der Waals surface area contributed by atoms with Crippen LogP contribution in [0.4, 0.5) is 0 Å². The van der Waals surface area contributed by atoms with E-state index >= 15 is 0 Å². The Morgan fingerprint density at radius 3 is 2.53 bits per heavy atom. The molecule has 0 aliphatic rings. The van der Waals surface area contributed by atoms with Crippen LogP contribution in [0.3, 0.4) is 0 Å². The molecule has 0 aromatic carbocycles. The number of nitrogens with one attached hydrogen (secondary N) is 1. The molecule has 0 aromatic heterocycles. The topological polar surface area (TPSA) is 49.4 Å². The summed E-state index contributed by atoms with van der Waals surface area (Å²) in [5, 5.41) is 2.69. The van der Waals surface area contributed by atoms with Gasteiger partial charge in [0.25, 0.3) is 0 Å². The molecule has 0 heterocycles. The van der Waals surface area contributed by atoms with Crippen molar-refractivity contribution in [2.45, 2.75) is 26.2 Å². The normalized spacial score (nSPS) is 9.80. The lowest BCUT2D eigenvalue weighted by molar-refractivity contribution is -0.129. The van der Waals surface area contributed by atoms with Crippen molar-refractivity contribution in [2.75, 3.05) is 25.9 Å². The molecule has 0 aliphatic carbocycles. The fourth-order valence-electron chi connectivity index (χ4n) is 1.13. The second-order valence-corrected chi connectivity index (χ2v) is 3.93. The molecule has 1 N–H and O–H groups in total. The van der Waals surface area contributed by atoms with Gasteiger partial charge in [-0.1, -0.05) is 0 Å². The molecule has 0 aliphatic heterocycles. The van der Waals surface area contributed by atoms with E-state index in [9.17, 15) is 9.59 Å². The number of nitrogens with zero attached hydrogens (tertiary/aromatic N) is 1. The number of hydrogen-bond acceptors (Lipinski definition) is 3. The number of carbonyl (C=O) groups excluding carboxylic acids is 2. The van der Waals surface area contributed by atoms with E-state index < -0.39 is 0 Å². The van der Waals surface area contributed by atoms with Crippen molar-refractivity contribution >= 4 is 24.4 Å². The van der Waals surface area contributed by atoms with Gasteiger partial charge in [-0.05, 0) is 18.6 Å². The van der Waals surface area contributed by atoms with E-state index in [1.165, 1.54) is 6.92 Å². The highest BCUT2D eigenvalue weighted by molar-refractivity contribution is 7.80. The van der Waals surface area contributed by atoms with Crippen LogP contribution in [0, 0.1) is 0 Å². The Morgan fingerprint density at radius 1 is 1.33 bits per heavy atom. The Labute approximate surface area is 96.8 Å². The Balaban J connectivity index is 3.50. The van der Waals surface area contributed by atoms with Crippen LogP contribution in [0.15, 0.2) is 0 Å². The summed E-state index contributed by atoms with van der Waals surface area (Å²) in [5.41, 5.74) is 0. The highest BCUT2D eigenvalue weighted by Gasteiger charge is 2.06. The smallest absolute Gasteiger partial charge is 0.222 e. The fourth-order valence-corrected chi connectivity index (χ4v) is 1.28. The summed E-state index contributed by atoms with van der Waals surface area (Å²) in [6.45, 7) is 2.80. The number of amides is 2. The molecule has 0 unspecified atom stereocenters. The van der Waals surface area contributed by atoms with Crippen LogP contribution in [0.1, 0.15) is 26.2 Å². The minimum atomic E-state index is -0.0287. The molecule has 0 rings (SSSR count). The molecule has 5 heteroatoms. The maximum atomic E-state index is 11.4. The summed E-state index contributed by atoms with van der Waals surface area (Å²) >= 11 is 4.05. The summed E-state index contributed by atoms with van der Waals surface area (Å²) < 4.78 is 0. The largest absolute Gasteiger partial charge is 0.356 e. The number of rotatable bonds is 7. The highest BCUT2D eigenvalue weighted by Crippen LogP contribution is 1.97. The number of hydrogen-bond donors (Lipinski definition) is 2. The summed E-state index contributed by atoms with van der Waals surface area (Å²) in [7, 11) is 1.79. The molecule has 0 saturated carbocycles. The summed E-state index contributed by atoms with van der Waals surface area (Å²) in [5.74, 6) is 0.858. The van der Waals surface area contributed by atoms with Gasteiger partial charge in [0.15, 0.2) is 0 Å². The minimum absolute atomic E-state index is 0.0287. The fraction of sp³-hybridized carbons (Fsp3) is 0.800. The molecule has 88 valence electrons. The van der Waals surface area contributed by atoms with E-state index in [0.717, 1.165) is 18.6 Å².